The van der Waals surface area contributed by atoms with Gasteiger partial charge in [0.25, 0.3) is 0 Å². The molecule has 47 heavy (non-hydrogen) atoms. The second-order valence-corrected chi connectivity index (χ2v) is 13.8. The number of benzene rings is 1. The van der Waals surface area contributed by atoms with Gasteiger partial charge < -0.3 is 26.2 Å². The van der Waals surface area contributed by atoms with Crippen molar-refractivity contribution in [3.05, 3.63) is 66.1 Å². The number of aromatic nitrogens is 4. The highest BCUT2D eigenvalue weighted by molar-refractivity contribution is 6.32. The van der Waals surface area contributed by atoms with Gasteiger partial charge in [-0.15, -0.1) is 0 Å². The van der Waals surface area contributed by atoms with Crippen LogP contribution >= 0.6 is 11.6 Å². The molecule has 3 heterocycles. The molecule has 6 rings (SSSR count). The molecule has 3 fully saturated rings. The van der Waals surface area contributed by atoms with Gasteiger partial charge in [-0.05, 0) is 79.5 Å². The number of anilines is 4. The van der Waals surface area contributed by atoms with E-state index in [0.29, 0.717) is 59.9 Å². The first-order chi connectivity index (χ1) is 22.8. The van der Waals surface area contributed by atoms with Gasteiger partial charge in [0.1, 0.15) is 5.02 Å². The van der Waals surface area contributed by atoms with Gasteiger partial charge in [0, 0.05) is 51.0 Å². The van der Waals surface area contributed by atoms with Gasteiger partial charge in [-0.25, -0.2) is 4.98 Å². The smallest absolute Gasteiger partial charge is 0.247 e. The van der Waals surface area contributed by atoms with Crippen molar-refractivity contribution in [2.45, 2.75) is 64.5 Å². The van der Waals surface area contributed by atoms with Crippen LogP contribution in [0.15, 0.2) is 55.5 Å². The monoisotopic (exact) mass is 659 g/mol. The van der Waals surface area contributed by atoms with Crippen LogP contribution in [0.4, 0.5) is 23.1 Å². The maximum absolute atomic E-state index is 12.7. The number of hydrogen-bond acceptors (Lipinski definition) is 8. The number of nitrogens with one attached hydrogen (secondary N) is 4. The molecule has 4 N–H and O–H groups in total. The van der Waals surface area contributed by atoms with Crippen molar-refractivity contribution in [2.75, 3.05) is 42.1 Å². The molecular formula is C35H46ClN9O2. The van der Waals surface area contributed by atoms with Crippen LogP contribution in [0.2, 0.25) is 5.02 Å². The van der Waals surface area contributed by atoms with E-state index >= 15 is 0 Å². The Morgan fingerprint density at radius 2 is 1.96 bits per heavy atom. The highest BCUT2D eigenvalue weighted by Gasteiger charge is 2.40. The minimum absolute atomic E-state index is 0.229. The number of piperidine rings is 1. The molecule has 2 saturated carbocycles. The maximum Gasteiger partial charge on any atom is 0.247 e. The Bertz CT molecular complexity index is 1550. The zero-order chi connectivity index (χ0) is 32.8. The van der Waals surface area contributed by atoms with Crippen LogP contribution in [0.5, 0.6) is 0 Å². The number of likely N-dealkylation sites (tertiary alicyclic amines) is 1. The van der Waals surface area contributed by atoms with Gasteiger partial charge in [-0.1, -0.05) is 43.7 Å². The van der Waals surface area contributed by atoms with Crippen molar-refractivity contribution < 1.29 is 9.59 Å². The molecule has 0 spiro atoms. The molecule has 3 aromatic rings. The lowest BCUT2D eigenvalue weighted by Crippen LogP contribution is -2.41. The van der Waals surface area contributed by atoms with Crippen molar-refractivity contribution in [1.82, 2.24) is 30.0 Å². The highest BCUT2D eigenvalue weighted by Crippen LogP contribution is 2.49. The minimum Gasteiger partial charge on any atom is -0.365 e. The summed E-state index contributed by atoms with van der Waals surface area (Å²) in [7, 11) is 0. The fourth-order valence-electron chi connectivity index (χ4n) is 7.72. The number of nitrogens with zero attached hydrogens (tertiary/aromatic N) is 5. The summed E-state index contributed by atoms with van der Waals surface area (Å²) < 4.78 is 2.02. The Hall–Kier alpha value is -3.96. The molecule has 2 bridgehead atoms. The third-order valence-corrected chi connectivity index (χ3v) is 10.4. The van der Waals surface area contributed by atoms with Crippen LogP contribution in [0, 0.1) is 23.7 Å². The minimum atomic E-state index is -0.263. The Balaban J connectivity index is 0.931. The first-order valence-corrected chi connectivity index (χ1v) is 17.3. The predicted molar refractivity (Wildman–Crippen MR) is 186 cm³/mol. The molecule has 1 aliphatic heterocycles. The third kappa shape index (κ3) is 8.70. The van der Waals surface area contributed by atoms with Gasteiger partial charge >= 0.3 is 0 Å². The number of hydrogen-bond donors (Lipinski definition) is 4. The van der Waals surface area contributed by atoms with Crippen LogP contribution in [0.3, 0.4) is 0 Å². The van der Waals surface area contributed by atoms with Gasteiger partial charge in [-0.2, -0.15) is 10.1 Å². The molecule has 250 valence electrons. The number of halogens is 1. The molecule has 1 aromatic carbocycles. The average molecular weight is 660 g/mol. The van der Waals surface area contributed by atoms with E-state index in [2.05, 4.69) is 54.7 Å². The number of carbonyl (C=O) groups excluding carboxylic acids is 2. The predicted octanol–water partition coefficient (Wildman–Crippen LogP) is 6.02. The van der Waals surface area contributed by atoms with Crippen LogP contribution in [-0.4, -0.2) is 62.6 Å². The van der Waals surface area contributed by atoms with Gasteiger partial charge in [0.05, 0.1) is 24.1 Å². The molecule has 4 atom stereocenters. The molecule has 0 radical (unpaired) electrons. The van der Waals surface area contributed by atoms with Gasteiger partial charge in [-0.3, -0.25) is 14.3 Å². The van der Waals surface area contributed by atoms with E-state index in [1.165, 1.54) is 31.8 Å². The quantitative estimate of drug-likeness (QED) is 0.164. The molecule has 2 aliphatic carbocycles. The van der Waals surface area contributed by atoms with Crippen molar-refractivity contribution in [1.29, 1.82) is 0 Å². The third-order valence-electron chi connectivity index (χ3n) is 10.2. The van der Waals surface area contributed by atoms with Crippen molar-refractivity contribution >= 4 is 46.6 Å². The van der Waals surface area contributed by atoms with E-state index in [-0.39, 0.29) is 11.8 Å². The van der Waals surface area contributed by atoms with Crippen LogP contribution in [-0.2, 0) is 16.1 Å². The zero-order valence-electron chi connectivity index (χ0n) is 27.1. The first kappa shape index (κ1) is 33.0. The summed E-state index contributed by atoms with van der Waals surface area (Å²) in [5.74, 6) is 3.79. The van der Waals surface area contributed by atoms with Crippen molar-refractivity contribution in [3.8, 4) is 0 Å². The lowest BCUT2D eigenvalue weighted by Gasteiger charge is -2.34. The van der Waals surface area contributed by atoms with E-state index in [4.69, 9.17) is 11.6 Å². The van der Waals surface area contributed by atoms with E-state index in [0.717, 1.165) is 55.6 Å². The summed E-state index contributed by atoms with van der Waals surface area (Å²) in [4.78, 5) is 35.7. The number of fused-ring (bicyclic) bond motifs is 2. The molecule has 1 unspecified atom stereocenters. The molecule has 1 saturated heterocycles. The molecule has 11 nitrogen and oxygen atoms in total. The lowest BCUT2D eigenvalue weighted by molar-refractivity contribution is -0.123. The maximum atomic E-state index is 12.7. The van der Waals surface area contributed by atoms with Gasteiger partial charge in [0.15, 0.2) is 5.82 Å². The van der Waals surface area contributed by atoms with E-state index in [1.54, 1.807) is 12.4 Å². The second kappa shape index (κ2) is 15.3. The summed E-state index contributed by atoms with van der Waals surface area (Å²) >= 11 is 6.38. The van der Waals surface area contributed by atoms with Crippen LogP contribution in [0.25, 0.3) is 0 Å². The van der Waals surface area contributed by atoms with Gasteiger partial charge in [0.2, 0.25) is 17.8 Å². The van der Waals surface area contributed by atoms with Crippen LogP contribution < -0.4 is 21.3 Å². The van der Waals surface area contributed by atoms with Crippen molar-refractivity contribution in [2.24, 2.45) is 23.7 Å². The molecule has 2 amide bonds. The van der Waals surface area contributed by atoms with Crippen LogP contribution in [0.1, 0.15) is 63.5 Å². The molecular weight excluding hydrogens is 614 g/mol. The zero-order valence-corrected chi connectivity index (χ0v) is 27.9. The van der Waals surface area contributed by atoms with E-state index in [1.807, 2.05) is 35.1 Å². The van der Waals surface area contributed by atoms with E-state index < -0.39 is 0 Å². The first-order valence-electron chi connectivity index (χ1n) is 16.9. The SMILES string of the molecule is C=CC(=O)Nc1cccc(CNc2nc(Nc3cnn(C4CCN(CCNC(=O)CC5[C@@H]6CC[C@@H](C6)C[C@@H]5C)CC4)c3)ncc2Cl)c1. The number of amides is 2. The molecule has 3 aliphatic rings. The summed E-state index contributed by atoms with van der Waals surface area (Å²) in [6, 6.07) is 7.82. The lowest BCUT2D eigenvalue weighted by atomic mass is 9.71. The summed E-state index contributed by atoms with van der Waals surface area (Å²) in [5, 5.41) is 17.5. The number of carbonyl (C=O) groups is 2. The Morgan fingerprint density at radius 1 is 1.11 bits per heavy atom. The van der Waals surface area contributed by atoms with E-state index in [9.17, 15) is 9.59 Å². The second-order valence-electron chi connectivity index (χ2n) is 13.4. The Morgan fingerprint density at radius 3 is 2.79 bits per heavy atom. The summed E-state index contributed by atoms with van der Waals surface area (Å²) in [6.07, 6.45) is 14.6. The standard InChI is InChI=1S/C35H46ClN9O2/c1-3-32(46)41-27-6-4-5-25(17-27)19-38-34-31(36)21-39-35(43-34)42-28-20-40-45(22-28)29-9-12-44(13-10-29)14-11-37-33(47)18-30-23(2)15-24-7-8-26(30)16-24/h3-6,17,20-24,26,29-30H,1,7-16,18-19H2,2H3,(H,37,47)(H,41,46)(H2,38,39,42,43)/t23-,24+,26+,30?/m0/s1. The Kier molecular flexibility index (Phi) is 10.7. The average Bonchev–Trinajstić information content (AvgIpc) is 3.71. The van der Waals surface area contributed by atoms with Crippen molar-refractivity contribution in [3.63, 3.8) is 0 Å². The number of rotatable bonds is 13. The fraction of sp³-hybridized carbons (Fsp3) is 0.514. The fourth-order valence-corrected chi connectivity index (χ4v) is 7.88. The molecule has 12 heteroatoms. The largest absolute Gasteiger partial charge is 0.365 e. The topological polar surface area (TPSA) is 129 Å². The highest BCUT2D eigenvalue weighted by atomic mass is 35.5. The summed E-state index contributed by atoms with van der Waals surface area (Å²) in [5.41, 5.74) is 2.43. The normalized spacial score (nSPS) is 22.9. The Labute approximate surface area is 281 Å². The molecule has 2 aromatic heterocycles. The summed E-state index contributed by atoms with van der Waals surface area (Å²) in [6.45, 7) is 9.85.